The van der Waals surface area contributed by atoms with Gasteiger partial charge < -0.3 is 14.5 Å². The molecule has 0 bridgehead atoms. The van der Waals surface area contributed by atoms with Crippen molar-refractivity contribution in [1.82, 2.24) is 10.3 Å². The molecule has 39 heavy (non-hydrogen) atoms. The van der Waals surface area contributed by atoms with E-state index in [4.69, 9.17) is 20.8 Å². The van der Waals surface area contributed by atoms with Gasteiger partial charge in [0.1, 0.15) is 10.8 Å². The third-order valence-electron chi connectivity index (χ3n) is 6.36. The summed E-state index contributed by atoms with van der Waals surface area (Å²) in [5, 5.41) is 5.13. The monoisotopic (exact) mass is 566 g/mol. The summed E-state index contributed by atoms with van der Waals surface area (Å²) in [4.78, 5) is 29.8. The van der Waals surface area contributed by atoms with Gasteiger partial charge in [0.2, 0.25) is 0 Å². The van der Waals surface area contributed by atoms with Gasteiger partial charge in [0, 0.05) is 24.7 Å². The number of alkyl carbamates (subject to hydrolysis) is 1. The summed E-state index contributed by atoms with van der Waals surface area (Å²) in [6, 6.07) is 23.8. The van der Waals surface area contributed by atoms with Crippen LogP contribution in [0.4, 0.5) is 4.79 Å². The summed E-state index contributed by atoms with van der Waals surface area (Å²) in [7, 11) is -2.94. The van der Waals surface area contributed by atoms with Gasteiger partial charge >= 0.3 is 6.09 Å². The van der Waals surface area contributed by atoms with Crippen LogP contribution in [0.15, 0.2) is 79.0 Å². The molecule has 0 spiro atoms. The largest absolute Gasteiger partial charge is 0.444 e. The fourth-order valence-corrected chi connectivity index (χ4v) is 9.49. The molecule has 0 aliphatic rings. The quantitative estimate of drug-likeness (QED) is 0.180. The van der Waals surface area contributed by atoms with Crippen LogP contribution in [-0.4, -0.2) is 43.4 Å². The summed E-state index contributed by atoms with van der Waals surface area (Å²) in [6.07, 6.45) is 1.07. The Bertz CT molecular complexity index is 1180. The summed E-state index contributed by atoms with van der Waals surface area (Å²) in [6.45, 7) is 12.3. The van der Waals surface area contributed by atoms with E-state index in [0.717, 1.165) is 10.4 Å². The minimum atomic E-state index is -2.94. The van der Waals surface area contributed by atoms with E-state index in [9.17, 15) is 9.59 Å². The Labute approximate surface area is 238 Å². The molecular formula is C31H39ClN2O4Si. The zero-order valence-corrected chi connectivity index (χ0v) is 25.4. The maximum Gasteiger partial charge on any atom is 0.407 e. The van der Waals surface area contributed by atoms with E-state index < -0.39 is 26.1 Å². The Kier molecular flexibility index (Phi) is 10.1. The van der Waals surface area contributed by atoms with Crippen molar-refractivity contribution < 1.29 is 18.8 Å². The molecule has 0 saturated heterocycles. The fourth-order valence-electron chi connectivity index (χ4n) is 4.66. The fraction of sp³-hybridized carbons (Fsp3) is 0.387. The van der Waals surface area contributed by atoms with Crippen LogP contribution in [0.3, 0.4) is 0 Å². The topological polar surface area (TPSA) is 77.5 Å². The highest BCUT2D eigenvalue weighted by Crippen LogP contribution is 2.38. The molecule has 2 aromatic carbocycles. The predicted molar refractivity (Wildman–Crippen MR) is 160 cm³/mol. The zero-order valence-electron chi connectivity index (χ0n) is 23.7. The average Bonchev–Trinajstić information content (AvgIpc) is 2.86. The number of hydrogen-bond acceptors (Lipinski definition) is 5. The first-order chi connectivity index (χ1) is 18.3. The van der Waals surface area contributed by atoms with Gasteiger partial charge in [-0.25, -0.2) is 9.78 Å². The standard InChI is InChI=1S/C31H39ClN2O4Si/c1-30(2,3)37-29(36)33-20-19-24(21-27(35)23-17-18-28(32)34-22-23)38-39(31(4,5)6,25-13-9-7-10-14-25)26-15-11-8-12-16-26/h7-18,22,24H,19-21H2,1-6H3,(H,33,36). The van der Waals surface area contributed by atoms with E-state index in [1.54, 1.807) is 12.1 Å². The number of halogens is 1. The maximum absolute atomic E-state index is 13.4. The molecule has 1 amide bonds. The van der Waals surface area contributed by atoms with Crippen molar-refractivity contribution in [1.29, 1.82) is 0 Å². The van der Waals surface area contributed by atoms with Crippen molar-refractivity contribution in [2.24, 2.45) is 0 Å². The molecule has 1 unspecified atom stereocenters. The smallest absolute Gasteiger partial charge is 0.407 e. The van der Waals surface area contributed by atoms with Crippen molar-refractivity contribution in [3.8, 4) is 0 Å². The molecule has 208 valence electrons. The summed E-state index contributed by atoms with van der Waals surface area (Å²) in [5.41, 5.74) is -0.137. The van der Waals surface area contributed by atoms with Crippen LogP contribution in [0.5, 0.6) is 0 Å². The van der Waals surface area contributed by atoms with Crippen LogP contribution < -0.4 is 15.7 Å². The van der Waals surface area contributed by atoms with E-state index in [1.807, 2.05) is 57.2 Å². The molecule has 1 N–H and O–H groups in total. The van der Waals surface area contributed by atoms with Crippen LogP contribution in [-0.2, 0) is 9.16 Å². The van der Waals surface area contributed by atoms with Gasteiger partial charge in [0.15, 0.2) is 5.78 Å². The second-order valence-electron chi connectivity index (χ2n) is 11.6. The number of nitrogens with zero attached hydrogens (tertiary/aromatic N) is 1. The third kappa shape index (κ3) is 8.24. The van der Waals surface area contributed by atoms with Crippen LogP contribution in [0.1, 0.15) is 64.7 Å². The molecule has 0 aliphatic carbocycles. The number of rotatable bonds is 10. The predicted octanol–water partition coefficient (Wildman–Crippen LogP) is 6.17. The molecular weight excluding hydrogens is 528 g/mol. The van der Waals surface area contributed by atoms with E-state index in [2.05, 4.69) is 55.3 Å². The molecule has 6 nitrogen and oxygen atoms in total. The zero-order chi connectivity index (χ0) is 28.7. The number of aromatic nitrogens is 1. The van der Waals surface area contributed by atoms with Gasteiger partial charge in [-0.2, -0.15) is 0 Å². The van der Waals surface area contributed by atoms with Crippen LogP contribution in [0.2, 0.25) is 10.2 Å². The van der Waals surface area contributed by atoms with Gasteiger partial charge in [-0.1, -0.05) is 93.0 Å². The lowest BCUT2D eigenvalue weighted by molar-refractivity contribution is 0.0519. The number of pyridine rings is 1. The van der Waals surface area contributed by atoms with E-state index in [-0.39, 0.29) is 17.2 Å². The maximum atomic E-state index is 13.4. The highest BCUT2D eigenvalue weighted by Gasteiger charge is 2.51. The number of ether oxygens (including phenoxy) is 1. The first kappa shape index (κ1) is 30.5. The molecule has 0 radical (unpaired) electrons. The number of nitrogens with one attached hydrogen (secondary N) is 1. The average molecular weight is 567 g/mol. The number of Topliss-reactive ketones (excluding diaryl/α,β-unsaturated/α-hetero) is 1. The second-order valence-corrected chi connectivity index (χ2v) is 16.3. The van der Waals surface area contributed by atoms with Crippen LogP contribution in [0.25, 0.3) is 0 Å². The summed E-state index contributed by atoms with van der Waals surface area (Å²) >= 11 is 5.95. The molecule has 1 atom stereocenters. The third-order valence-corrected chi connectivity index (χ3v) is 11.7. The van der Waals surface area contributed by atoms with Crippen LogP contribution >= 0.6 is 11.6 Å². The molecule has 0 fully saturated rings. The Hall–Kier alpha value is -3.00. The van der Waals surface area contributed by atoms with Crippen LogP contribution in [0, 0.1) is 0 Å². The lowest BCUT2D eigenvalue weighted by Gasteiger charge is -2.45. The van der Waals surface area contributed by atoms with E-state index >= 15 is 0 Å². The molecule has 1 heterocycles. The van der Waals surface area contributed by atoms with E-state index in [1.165, 1.54) is 6.20 Å². The molecule has 3 rings (SSSR count). The molecule has 0 aliphatic heterocycles. The van der Waals surface area contributed by atoms with E-state index in [0.29, 0.717) is 23.7 Å². The first-order valence-corrected chi connectivity index (χ1v) is 15.5. The molecule has 0 saturated carbocycles. The number of ketones is 1. The minimum absolute atomic E-state index is 0.0978. The molecule has 8 heteroatoms. The van der Waals surface area contributed by atoms with Gasteiger partial charge in [-0.15, -0.1) is 0 Å². The number of carbonyl (C=O) groups excluding carboxylic acids is 2. The Morgan fingerprint density at radius 2 is 1.46 bits per heavy atom. The number of carbonyl (C=O) groups is 2. The second kappa shape index (κ2) is 12.9. The highest BCUT2D eigenvalue weighted by atomic mass is 35.5. The number of hydrogen-bond donors (Lipinski definition) is 1. The van der Waals surface area contributed by atoms with Crippen molar-refractivity contribution in [2.45, 2.75) is 71.1 Å². The van der Waals surface area contributed by atoms with Crippen molar-refractivity contribution in [3.63, 3.8) is 0 Å². The van der Waals surface area contributed by atoms with Gasteiger partial charge in [0.25, 0.3) is 8.32 Å². The first-order valence-electron chi connectivity index (χ1n) is 13.2. The highest BCUT2D eigenvalue weighted by molar-refractivity contribution is 6.99. The minimum Gasteiger partial charge on any atom is -0.444 e. The molecule has 1 aromatic heterocycles. The van der Waals surface area contributed by atoms with Gasteiger partial charge in [-0.3, -0.25) is 4.79 Å². The lowest BCUT2D eigenvalue weighted by Crippen LogP contribution is -2.67. The Morgan fingerprint density at radius 1 is 0.897 bits per heavy atom. The van der Waals surface area contributed by atoms with Gasteiger partial charge in [0.05, 0.1) is 6.10 Å². The number of amides is 1. The lowest BCUT2D eigenvalue weighted by atomic mass is 10.1. The Morgan fingerprint density at radius 3 is 1.92 bits per heavy atom. The SMILES string of the molecule is CC(C)(C)OC(=O)NCCC(CC(=O)c1ccc(Cl)nc1)O[Si](c1ccccc1)(c1ccccc1)C(C)(C)C. The summed E-state index contributed by atoms with van der Waals surface area (Å²) < 4.78 is 12.7. The normalized spacial score (nSPS) is 13.0. The van der Waals surface area contributed by atoms with Crippen molar-refractivity contribution in [3.05, 3.63) is 89.7 Å². The van der Waals surface area contributed by atoms with Gasteiger partial charge in [-0.05, 0) is 54.7 Å². The molecule has 3 aromatic rings. The van der Waals surface area contributed by atoms with Crippen molar-refractivity contribution in [2.75, 3.05) is 6.54 Å². The van der Waals surface area contributed by atoms with Crippen molar-refractivity contribution >= 4 is 42.2 Å². The number of benzene rings is 2. The Balaban J connectivity index is 1.99. The summed E-state index contributed by atoms with van der Waals surface area (Å²) in [5.74, 6) is -0.0978.